The Morgan fingerprint density at radius 3 is 2.29 bits per heavy atom. The third-order valence-electron chi connectivity index (χ3n) is 2.14. The number of rotatable bonds is 3. The van der Waals surface area contributed by atoms with E-state index in [1.54, 1.807) is 0 Å². The largest absolute Gasteiger partial charge is 0.466 e. The molecule has 17 heavy (non-hydrogen) atoms. The van der Waals surface area contributed by atoms with Gasteiger partial charge in [0.05, 0.1) is 12.8 Å². The van der Waals surface area contributed by atoms with E-state index in [9.17, 15) is 9.59 Å². The highest BCUT2D eigenvalue weighted by Gasteiger charge is 2.06. The quantitative estimate of drug-likeness (QED) is 0.638. The maximum Gasteiger partial charge on any atom is 0.332 e. The van der Waals surface area contributed by atoms with Gasteiger partial charge in [-0.3, -0.25) is 4.79 Å². The Morgan fingerprint density at radius 1 is 1.24 bits per heavy atom. The fraction of sp³-hybridized carbons (Fsp3) is 0.231. The first-order valence-corrected chi connectivity index (χ1v) is 5.17. The third kappa shape index (κ3) is 4.10. The number of hydrogen-bond acceptors (Lipinski definition) is 3. The van der Waals surface area contributed by atoms with Crippen molar-refractivity contribution in [3.8, 4) is 0 Å². The van der Waals surface area contributed by atoms with Crippen molar-refractivity contribution in [3.63, 3.8) is 0 Å². The topological polar surface area (TPSA) is 55.4 Å². The molecule has 0 atom stereocenters. The van der Waals surface area contributed by atoms with Crippen LogP contribution in [0.3, 0.4) is 0 Å². The Morgan fingerprint density at radius 2 is 1.82 bits per heavy atom. The van der Waals surface area contributed by atoms with Gasteiger partial charge in [0.15, 0.2) is 0 Å². The van der Waals surface area contributed by atoms with Crippen LogP contribution in [0.1, 0.15) is 18.1 Å². The molecule has 0 aliphatic heterocycles. The lowest BCUT2D eigenvalue weighted by Crippen LogP contribution is -2.19. The standard InChI is InChI=1S/C13H15NO3/c1-9-4-6-11(7-5-9)12(14-10(2)15)8-13(16)17-3/h4-8H,1-3H3,(H,14,15)/b12-8+. The zero-order valence-corrected chi connectivity index (χ0v) is 10.1. The molecule has 0 heterocycles. The maximum atomic E-state index is 11.2. The van der Waals surface area contributed by atoms with E-state index in [0.717, 1.165) is 11.1 Å². The predicted molar refractivity (Wildman–Crippen MR) is 65.0 cm³/mol. The SMILES string of the molecule is COC(=O)/C=C(/NC(C)=O)c1ccc(C)cc1. The van der Waals surface area contributed by atoms with Crippen molar-refractivity contribution in [2.75, 3.05) is 7.11 Å². The van der Waals surface area contributed by atoms with E-state index in [2.05, 4.69) is 10.1 Å². The number of ether oxygens (including phenoxy) is 1. The molecule has 0 aliphatic carbocycles. The molecule has 1 N–H and O–H groups in total. The Bertz CT molecular complexity index is 446. The van der Waals surface area contributed by atoms with Crippen LogP contribution in [0.15, 0.2) is 30.3 Å². The second-order valence-electron chi connectivity index (χ2n) is 3.63. The zero-order chi connectivity index (χ0) is 12.8. The number of benzene rings is 1. The number of esters is 1. The third-order valence-corrected chi connectivity index (χ3v) is 2.14. The monoisotopic (exact) mass is 233 g/mol. The van der Waals surface area contributed by atoms with E-state index in [1.807, 2.05) is 31.2 Å². The molecule has 0 bridgehead atoms. The van der Waals surface area contributed by atoms with Crippen LogP contribution in [-0.2, 0) is 14.3 Å². The van der Waals surface area contributed by atoms with E-state index in [4.69, 9.17) is 0 Å². The first-order valence-electron chi connectivity index (χ1n) is 5.17. The van der Waals surface area contributed by atoms with Gasteiger partial charge in [-0.25, -0.2) is 4.79 Å². The van der Waals surface area contributed by atoms with Gasteiger partial charge in [-0.1, -0.05) is 29.8 Å². The van der Waals surface area contributed by atoms with Crippen LogP contribution in [0.25, 0.3) is 5.70 Å². The molecule has 0 spiro atoms. The summed E-state index contributed by atoms with van der Waals surface area (Å²) in [6.45, 7) is 3.35. The molecule has 0 unspecified atom stereocenters. The summed E-state index contributed by atoms with van der Waals surface area (Å²) in [7, 11) is 1.29. The molecule has 1 rings (SSSR count). The lowest BCUT2D eigenvalue weighted by atomic mass is 10.1. The van der Waals surface area contributed by atoms with Crippen LogP contribution in [0.4, 0.5) is 0 Å². The van der Waals surface area contributed by atoms with Crippen molar-refractivity contribution in [2.45, 2.75) is 13.8 Å². The van der Waals surface area contributed by atoms with Crippen LogP contribution < -0.4 is 5.32 Å². The molecular formula is C13H15NO3. The molecule has 4 nitrogen and oxygen atoms in total. The molecule has 0 fully saturated rings. The molecular weight excluding hydrogens is 218 g/mol. The molecule has 0 radical (unpaired) electrons. The van der Waals surface area contributed by atoms with Crippen molar-refractivity contribution < 1.29 is 14.3 Å². The molecule has 0 aromatic heterocycles. The van der Waals surface area contributed by atoms with Gasteiger partial charge in [-0.15, -0.1) is 0 Å². The van der Waals surface area contributed by atoms with Crippen molar-refractivity contribution in [2.24, 2.45) is 0 Å². The molecule has 1 aromatic rings. The number of hydrogen-bond donors (Lipinski definition) is 1. The van der Waals surface area contributed by atoms with Gasteiger partial charge in [-0.05, 0) is 12.5 Å². The Kier molecular flexibility index (Phi) is 4.46. The molecule has 0 saturated heterocycles. The molecule has 1 aromatic carbocycles. The lowest BCUT2D eigenvalue weighted by molar-refractivity contribution is -0.134. The number of nitrogens with one attached hydrogen (secondary N) is 1. The zero-order valence-electron chi connectivity index (χ0n) is 10.1. The summed E-state index contributed by atoms with van der Waals surface area (Å²) >= 11 is 0. The molecule has 0 aliphatic rings. The van der Waals surface area contributed by atoms with Crippen molar-refractivity contribution in [3.05, 3.63) is 41.5 Å². The highest BCUT2D eigenvalue weighted by atomic mass is 16.5. The van der Waals surface area contributed by atoms with Gasteiger partial charge < -0.3 is 10.1 Å². The highest BCUT2D eigenvalue weighted by Crippen LogP contribution is 2.12. The van der Waals surface area contributed by atoms with E-state index >= 15 is 0 Å². The van der Waals surface area contributed by atoms with E-state index < -0.39 is 5.97 Å². The lowest BCUT2D eigenvalue weighted by Gasteiger charge is -2.08. The first-order chi connectivity index (χ1) is 8.02. The van der Waals surface area contributed by atoms with Gasteiger partial charge in [0, 0.05) is 13.0 Å². The number of carbonyl (C=O) groups is 2. The minimum absolute atomic E-state index is 0.235. The summed E-state index contributed by atoms with van der Waals surface area (Å²) in [6.07, 6.45) is 1.26. The number of methoxy groups -OCH3 is 1. The average molecular weight is 233 g/mol. The minimum Gasteiger partial charge on any atom is -0.466 e. The smallest absolute Gasteiger partial charge is 0.332 e. The fourth-order valence-electron chi connectivity index (χ4n) is 1.29. The summed E-state index contributed by atoms with van der Waals surface area (Å²) in [6, 6.07) is 7.48. The van der Waals surface area contributed by atoms with Crippen molar-refractivity contribution >= 4 is 17.6 Å². The van der Waals surface area contributed by atoms with Crippen LogP contribution >= 0.6 is 0 Å². The first kappa shape index (κ1) is 13.0. The van der Waals surface area contributed by atoms with Crippen LogP contribution in [0.5, 0.6) is 0 Å². The fourth-order valence-corrected chi connectivity index (χ4v) is 1.29. The van der Waals surface area contributed by atoms with E-state index in [0.29, 0.717) is 5.70 Å². The summed E-state index contributed by atoms with van der Waals surface area (Å²) < 4.78 is 4.54. The van der Waals surface area contributed by atoms with E-state index in [1.165, 1.54) is 20.1 Å². The summed E-state index contributed by atoms with van der Waals surface area (Å²) in [5.41, 5.74) is 2.30. The molecule has 4 heteroatoms. The summed E-state index contributed by atoms with van der Waals surface area (Å²) in [5.74, 6) is -0.741. The van der Waals surface area contributed by atoms with Crippen LogP contribution in [0, 0.1) is 6.92 Å². The highest BCUT2D eigenvalue weighted by molar-refractivity contribution is 5.95. The van der Waals surface area contributed by atoms with Crippen molar-refractivity contribution in [1.29, 1.82) is 0 Å². The van der Waals surface area contributed by atoms with Gasteiger partial charge in [0.2, 0.25) is 5.91 Å². The van der Waals surface area contributed by atoms with Gasteiger partial charge in [0.25, 0.3) is 0 Å². The number of carbonyl (C=O) groups excluding carboxylic acids is 2. The maximum absolute atomic E-state index is 11.2. The van der Waals surface area contributed by atoms with Gasteiger partial charge in [-0.2, -0.15) is 0 Å². The normalized spacial score (nSPS) is 10.9. The Balaban J connectivity index is 3.05. The predicted octanol–water partition coefficient (Wildman–Crippen LogP) is 1.65. The molecule has 90 valence electrons. The summed E-state index contributed by atoms with van der Waals surface area (Å²) in [5, 5.41) is 2.60. The second kappa shape index (κ2) is 5.84. The van der Waals surface area contributed by atoms with E-state index in [-0.39, 0.29) is 5.91 Å². The van der Waals surface area contributed by atoms with Gasteiger partial charge in [0.1, 0.15) is 0 Å². The number of amides is 1. The summed E-state index contributed by atoms with van der Waals surface area (Å²) in [4.78, 5) is 22.3. The molecule has 1 amide bonds. The molecule has 0 saturated carbocycles. The van der Waals surface area contributed by atoms with Crippen molar-refractivity contribution in [1.82, 2.24) is 5.32 Å². The Labute approximate surface area is 100 Å². The van der Waals surface area contributed by atoms with Crippen LogP contribution in [-0.4, -0.2) is 19.0 Å². The Hall–Kier alpha value is -2.10. The average Bonchev–Trinajstić information content (AvgIpc) is 2.28. The number of aryl methyl sites for hydroxylation is 1. The second-order valence-corrected chi connectivity index (χ2v) is 3.63. The van der Waals surface area contributed by atoms with Gasteiger partial charge >= 0.3 is 5.97 Å². The minimum atomic E-state index is -0.505. The van der Waals surface area contributed by atoms with Crippen LogP contribution in [0.2, 0.25) is 0 Å².